The highest BCUT2D eigenvalue weighted by Crippen LogP contribution is 2.35. The zero-order valence-corrected chi connectivity index (χ0v) is 17.8. The lowest BCUT2D eigenvalue weighted by Crippen LogP contribution is -2.36. The largest absolute Gasteiger partial charge is 0.507 e. The Bertz CT molecular complexity index is 946. The fraction of sp³-hybridized carbons (Fsp3) is 0.565. The first-order chi connectivity index (χ1) is 13.8. The number of aromatic hydroxyl groups is 1. The van der Waals surface area contributed by atoms with Gasteiger partial charge >= 0.3 is 11.6 Å². The van der Waals surface area contributed by atoms with Crippen molar-refractivity contribution in [3.8, 4) is 5.75 Å². The van der Waals surface area contributed by atoms with E-state index in [4.69, 9.17) is 9.15 Å². The molecule has 2 aromatic rings. The van der Waals surface area contributed by atoms with Gasteiger partial charge in [-0.2, -0.15) is 0 Å². The Labute approximate surface area is 171 Å². The number of fused-ring (bicyclic) bond motifs is 1. The molecule has 0 amide bonds. The normalized spacial score (nSPS) is 17.8. The lowest BCUT2D eigenvalue weighted by Gasteiger charge is -2.33. The SMILES string of the molecule is Cc1cc(=O)oc2c(CN3CCCCC3C)c(O)c(CCC(=O)OC(C)C)cc12. The first kappa shape index (κ1) is 21.4. The van der Waals surface area contributed by atoms with E-state index in [-0.39, 0.29) is 24.2 Å². The average molecular weight is 402 g/mol. The first-order valence-electron chi connectivity index (χ1n) is 10.5. The molecule has 3 rings (SSSR count). The molecular formula is C23H31NO5. The zero-order valence-electron chi connectivity index (χ0n) is 17.8. The third-order valence-electron chi connectivity index (χ3n) is 5.66. The van der Waals surface area contributed by atoms with Crippen LogP contribution < -0.4 is 5.63 Å². The van der Waals surface area contributed by atoms with Crippen LogP contribution in [0.3, 0.4) is 0 Å². The predicted molar refractivity (Wildman–Crippen MR) is 112 cm³/mol. The highest BCUT2D eigenvalue weighted by atomic mass is 16.5. The Kier molecular flexibility index (Phi) is 6.63. The summed E-state index contributed by atoms with van der Waals surface area (Å²) < 4.78 is 10.7. The molecule has 1 fully saturated rings. The van der Waals surface area contributed by atoms with Gasteiger partial charge in [0.05, 0.1) is 11.7 Å². The van der Waals surface area contributed by atoms with Crippen LogP contribution in [-0.4, -0.2) is 34.7 Å². The Hall–Kier alpha value is -2.34. The zero-order chi connectivity index (χ0) is 21.1. The number of ether oxygens (including phenoxy) is 1. The number of rotatable bonds is 6. The van der Waals surface area contributed by atoms with E-state index in [0.29, 0.717) is 35.7 Å². The maximum atomic E-state index is 12.0. The van der Waals surface area contributed by atoms with Crippen LogP contribution in [-0.2, 0) is 22.5 Å². The van der Waals surface area contributed by atoms with Crippen molar-refractivity contribution in [2.24, 2.45) is 0 Å². The second kappa shape index (κ2) is 8.99. The minimum atomic E-state index is -0.421. The van der Waals surface area contributed by atoms with Crippen molar-refractivity contribution in [1.82, 2.24) is 4.90 Å². The Balaban J connectivity index is 2.00. The predicted octanol–water partition coefficient (Wildman–Crippen LogP) is 4.07. The van der Waals surface area contributed by atoms with Crippen molar-refractivity contribution in [3.63, 3.8) is 0 Å². The summed E-state index contributed by atoms with van der Waals surface area (Å²) in [5.74, 6) is -0.177. The average Bonchev–Trinajstić information content (AvgIpc) is 2.64. The van der Waals surface area contributed by atoms with Gasteiger partial charge in [-0.25, -0.2) is 4.79 Å². The van der Waals surface area contributed by atoms with Crippen molar-refractivity contribution in [2.45, 2.75) is 78.5 Å². The summed E-state index contributed by atoms with van der Waals surface area (Å²) in [5, 5.41) is 11.8. The van der Waals surface area contributed by atoms with E-state index in [0.717, 1.165) is 30.3 Å². The van der Waals surface area contributed by atoms with Crippen LogP contribution >= 0.6 is 0 Å². The molecule has 158 valence electrons. The number of likely N-dealkylation sites (tertiary alicyclic amines) is 1. The van der Waals surface area contributed by atoms with E-state index < -0.39 is 5.63 Å². The van der Waals surface area contributed by atoms with Crippen LogP contribution in [0.25, 0.3) is 11.0 Å². The Morgan fingerprint density at radius 3 is 2.79 bits per heavy atom. The summed E-state index contributed by atoms with van der Waals surface area (Å²) in [4.78, 5) is 26.3. The minimum absolute atomic E-state index is 0.112. The standard InChI is InChI=1S/C23H31NO5/c1-14(2)28-20(25)9-8-17-12-18-15(3)11-21(26)29-23(18)19(22(17)27)13-24-10-6-5-7-16(24)4/h11-12,14,16,27H,5-10,13H2,1-4H3. The highest BCUT2D eigenvalue weighted by Gasteiger charge is 2.24. The molecular weight excluding hydrogens is 370 g/mol. The number of phenols is 1. The molecule has 0 spiro atoms. The molecule has 1 aliphatic rings. The van der Waals surface area contributed by atoms with Crippen LogP contribution in [0.2, 0.25) is 0 Å². The quantitative estimate of drug-likeness (QED) is 0.581. The number of nitrogens with zero attached hydrogens (tertiary/aromatic N) is 1. The molecule has 1 aromatic heterocycles. The highest BCUT2D eigenvalue weighted by molar-refractivity contribution is 5.86. The Morgan fingerprint density at radius 2 is 2.10 bits per heavy atom. The van der Waals surface area contributed by atoms with E-state index in [1.54, 1.807) is 0 Å². The fourth-order valence-electron chi connectivity index (χ4n) is 4.06. The van der Waals surface area contributed by atoms with Crippen LogP contribution in [0.4, 0.5) is 0 Å². The van der Waals surface area contributed by atoms with Crippen molar-refractivity contribution in [3.05, 3.63) is 39.2 Å². The Morgan fingerprint density at radius 1 is 1.34 bits per heavy atom. The number of hydrogen-bond donors (Lipinski definition) is 1. The second-order valence-electron chi connectivity index (χ2n) is 8.34. The topological polar surface area (TPSA) is 80.0 Å². The number of carbonyl (C=O) groups excluding carboxylic acids is 1. The molecule has 1 aliphatic heterocycles. The third kappa shape index (κ3) is 4.99. The van der Waals surface area contributed by atoms with Gasteiger partial charge in [0.2, 0.25) is 0 Å². The number of aryl methyl sites for hydroxylation is 2. The number of esters is 1. The van der Waals surface area contributed by atoms with Crippen LogP contribution in [0.5, 0.6) is 5.75 Å². The smallest absolute Gasteiger partial charge is 0.336 e. The number of piperidine rings is 1. The molecule has 1 N–H and O–H groups in total. The number of carbonyl (C=O) groups is 1. The maximum absolute atomic E-state index is 12.0. The summed E-state index contributed by atoms with van der Waals surface area (Å²) in [6, 6.07) is 3.69. The molecule has 29 heavy (non-hydrogen) atoms. The van der Waals surface area contributed by atoms with Gasteiger partial charge in [-0.05, 0) is 70.7 Å². The molecule has 6 heteroatoms. The van der Waals surface area contributed by atoms with Crippen LogP contribution in [0.1, 0.15) is 63.1 Å². The van der Waals surface area contributed by atoms with Crippen LogP contribution in [0, 0.1) is 6.92 Å². The monoisotopic (exact) mass is 401 g/mol. The molecule has 1 unspecified atom stereocenters. The van der Waals surface area contributed by atoms with E-state index in [2.05, 4.69) is 11.8 Å². The first-order valence-corrected chi connectivity index (χ1v) is 10.5. The van der Waals surface area contributed by atoms with Crippen molar-refractivity contribution >= 4 is 16.9 Å². The molecule has 1 saturated heterocycles. The van der Waals surface area contributed by atoms with E-state index in [1.807, 2.05) is 26.8 Å². The minimum Gasteiger partial charge on any atom is -0.507 e. The van der Waals surface area contributed by atoms with Gasteiger partial charge in [0, 0.05) is 30.5 Å². The summed E-state index contributed by atoms with van der Waals surface area (Å²) in [5.41, 5.74) is 2.13. The maximum Gasteiger partial charge on any atom is 0.336 e. The van der Waals surface area contributed by atoms with Gasteiger partial charge in [-0.3, -0.25) is 9.69 Å². The third-order valence-corrected chi connectivity index (χ3v) is 5.66. The van der Waals surface area contributed by atoms with Gasteiger partial charge < -0.3 is 14.3 Å². The molecule has 6 nitrogen and oxygen atoms in total. The van der Waals surface area contributed by atoms with Gasteiger partial charge in [0.15, 0.2) is 0 Å². The summed E-state index contributed by atoms with van der Waals surface area (Å²) in [7, 11) is 0. The molecule has 0 radical (unpaired) electrons. The molecule has 0 aliphatic carbocycles. The number of phenolic OH excluding ortho intramolecular Hbond substituents is 1. The van der Waals surface area contributed by atoms with E-state index in [9.17, 15) is 14.7 Å². The molecule has 2 heterocycles. The summed E-state index contributed by atoms with van der Waals surface area (Å²) >= 11 is 0. The van der Waals surface area contributed by atoms with Crippen molar-refractivity contribution in [1.29, 1.82) is 0 Å². The van der Waals surface area contributed by atoms with Gasteiger partial charge in [-0.1, -0.05) is 6.42 Å². The molecule has 1 aromatic carbocycles. The van der Waals surface area contributed by atoms with Gasteiger partial charge in [0.25, 0.3) is 0 Å². The van der Waals surface area contributed by atoms with Crippen molar-refractivity contribution < 1.29 is 19.1 Å². The lowest BCUT2D eigenvalue weighted by atomic mass is 9.96. The van der Waals surface area contributed by atoms with E-state index in [1.165, 1.54) is 12.5 Å². The lowest BCUT2D eigenvalue weighted by molar-refractivity contribution is -0.147. The van der Waals surface area contributed by atoms with Gasteiger partial charge in [-0.15, -0.1) is 0 Å². The molecule has 0 bridgehead atoms. The molecule has 0 saturated carbocycles. The van der Waals surface area contributed by atoms with Crippen molar-refractivity contribution in [2.75, 3.05) is 6.54 Å². The number of benzene rings is 1. The summed E-state index contributed by atoms with van der Waals surface area (Å²) in [6.07, 6.45) is 3.83. The van der Waals surface area contributed by atoms with E-state index >= 15 is 0 Å². The van der Waals surface area contributed by atoms with Gasteiger partial charge in [0.1, 0.15) is 11.3 Å². The molecule has 1 atom stereocenters. The second-order valence-corrected chi connectivity index (χ2v) is 8.34. The number of hydrogen-bond acceptors (Lipinski definition) is 6. The summed E-state index contributed by atoms with van der Waals surface area (Å²) in [6.45, 7) is 9.14. The fourth-order valence-corrected chi connectivity index (χ4v) is 4.06. The van der Waals surface area contributed by atoms with Crippen LogP contribution in [0.15, 0.2) is 21.3 Å².